The maximum absolute atomic E-state index is 11.0. The molecule has 1 atom stereocenters. The van der Waals surface area contributed by atoms with Crippen molar-refractivity contribution in [3.63, 3.8) is 0 Å². The van der Waals surface area contributed by atoms with Crippen LogP contribution in [0.15, 0.2) is 12.3 Å². The van der Waals surface area contributed by atoms with Crippen LogP contribution in [-0.4, -0.2) is 15.9 Å². The largest absolute Gasteiger partial charge is 0.364 e. The molecule has 0 aliphatic heterocycles. The molecule has 1 aromatic heterocycles. The second-order valence-electron chi connectivity index (χ2n) is 4.06. The Balaban J connectivity index is 2.64. The Morgan fingerprint density at radius 3 is 2.88 bits per heavy atom. The van der Waals surface area contributed by atoms with E-state index in [2.05, 4.69) is 23.8 Å². The number of amides is 1. The number of carbonyl (C=O) groups is 1. The summed E-state index contributed by atoms with van der Waals surface area (Å²) in [5, 5.41) is 0. The lowest BCUT2D eigenvalue weighted by Crippen LogP contribution is -2.15. The molecule has 16 heavy (non-hydrogen) atoms. The van der Waals surface area contributed by atoms with Crippen molar-refractivity contribution in [3.05, 3.63) is 23.8 Å². The summed E-state index contributed by atoms with van der Waals surface area (Å²) in [5.41, 5.74) is 5.47. The van der Waals surface area contributed by atoms with Crippen molar-refractivity contribution in [2.24, 2.45) is 5.73 Å². The smallest absolute Gasteiger partial charge is 0.267 e. The molecule has 0 saturated carbocycles. The average Bonchev–Trinajstić information content (AvgIpc) is 2.29. The zero-order valence-corrected chi connectivity index (χ0v) is 9.94. The van der Waals surface area contributed by atoms with Crippen molar-refractivity contribution in [3.8, 4) is 0 Å². The third-order valence-corrected chi connectivity index (χ3v) is 2.61. The predicted octanol–water partition coefficient (Wildman–Crippen LogP) is 2.26. The Labute approximate surface area is 96.3 Å². The van der Waals surface area contributed by atoms with Gasteiger partial charge >= 0.3 is 0 Å². The van der Waals surface area contributed by atoms with Crippen LogP contribution in [0.5, 0.6) is 0 Å². The minimum atomic E-state index is -0.496. The van der Waals surface area contributed by atoms with E-state index in [9.17, 15) is 4.79 Å². The number of nitrogens with two attached hydrogens (primary N) is 1. The maximum atomic E-state index is 11.0. The second-order valence-corrected chi connectivity index (χ2v) is 4.06. The van der Waals surface area contributed by atoms with E-state index in [0.29, 0.717) is 11.5 Å². The molecule has 4 nitrogen and oxygen atoms in total. The fourth-order valence-corrected chi connectivity index (χ4v) is 1.58. The van der Waals surface area contributed by atoms with Crippen molar-refractivity contribution in [1.29, 1.82) is 0 Å². The monoisotopic (exact) mass is 221 g/mol. The Morgan fingerprint density at radius 2 is 2.25 bits per heavy atom. The van der Waals surface area contributed by atoms with Gasteiger partial charge in [-0.15, -0.1) is 0 Å². The normalized spacial score (nSPS) is 12.4. The molecule has 0 spiro atoms. The topological polar surface area (TPSA) is 68.9 Å². The first-order chi connectivity index (χ1) is 7.65. The number of unbranched alkanes of at least 4 members (excludes halogenated alkanes) is 2. The van der Waals surface area contributed by atoms with Crippen LogP contribution in [0, 0.1) is 0 Å². The molecule has 88 valence electrons. The molecule has 0 aliphatic rings. The average molecular weight is 221 g/mol. The van der Waals surface area contributed by atoms with Crippen LogP contribution in [0.3, 0.4) is 0 Å². The van der Waals surface area contributed by atoms with Crippen molar-refractivity contribution >= 4 is 5.91 Å². The number of rotatable bonds is 6. The third-order valence-electron chi connectivity index (χ3n) is 2.61. The quantitative estimate of drug-likeness (QED) is 0.749. The fraction of sp³-hybridized carbons (Fsp3) is 0.583. The van der Waals surface area contributed by atoms with E-state index in [4.69, 9.17) is 5.73 Å². The van der Waals surface area contributed by atoms with Crippen LogP contribution in [0.1, 0.15) is 61.8 Å². The Hall–Kier alpha value is -1.45. The summed E-state index contributed by atoms with van der Waals surface area (Å²) in [5.74, 6) is 0.502. The van der Waals surface area contributed by atoms with Crippen LogP contribution in [-0.2, 0) is 0 Å². The summed E-state index contributed by atoms with van der Waals surface area (Å²) in [6.07, 6.45) is 6.24. The van der Waals surface area contributed by atoms with Crippen LogP contribution >= 0.6 is 0 Å². The number of hydrogen-bond donors (Lipinski definition) is 1. The summed E-state index contributed by atoms with van der Waals surface area (Å²) in [7, 11) is 0. The molecule has 1 amide bonds. The van der Waals surface area contributed by atoms with Crippen molar-refractivity contribution in [1.82, 2.24) is 9.97 Å². The van der Waals surface area contributed by atoms with Gasteiger partial charge in [0.1, 0.15) is 11.5 Å². The second kappa shape index (κ2) is 6.20. The maximum Gasteiger partial charge on any atom is 0.267 e. The van der Waals surface area contributed by atoms with Gasteiger partial charge in [0.25, 0.3) is 5.91 Å². The van der Waals surface area contributed by atoms with E-state index >= 15 is 0 Å². The van der Waals surface area contributed by atoms with Gasteiger partial charge in [-0.05, 0) is 12.5 Å². The van der Waals surface area contributed by atoms with Gasteiger partial charge in [0.15, 0.2) is 0 Å². The van der Waals surface area contributed by atoms with Gasteiger partial charge in [-0.2, -0.15) is 0 Å². The summed E-state index contributed by atoms with van der Waals surface area (Å²) in [6, 6.07) is 1.55. The van der Waals surface area contributed by atoms with E-state index in [0.717, 1.165) is 6.42 Å². The zero-order valence-electron chi connectivity index (χ0n) is 9.94. The van der Waals surface area contributed by atoms with Gasteiger partial charge in [0.05, 0.1) is 0 Å². The van der Waals surface area contributed by atoms with Gasteiger partial charge < -0.3 is 5.73 Å². The standard InChI is InChI=1S/C12H19N3O/c1-3-4-5-6-9(2)12-14-8-7-10(15-12)11(13)16/h7-9H,3-6H2,1-2H3,(H2,13,16). The molecule has 0 fully saturated rings. The minimum Gasteiger partial charge on any atom is -0.364 e. The van der Waals surface area contributed by atoms with Crippen LogP contribution in [0.4, 0.5) is 0 Å². The van der Waals surface area contributed by atoms with Crippen LogP contribution < -0.4 is 5.73 Å². The van der Waals surface area contributed by atoms with Gasteiger partial charge in [-0.3, -0.25) is 4.79 Å². The van der Waals surface area contributed by atoms with Crippen molar-refractivity contribution < 1.29 is 4.79 Å². The van der Waals surface area contributed by atoms with Crippen molar-refractivity contribution in [2.45, 2.75) is 45.4 Å². The lowest BCUT2D eigenvalue weighted by Gasteiger charge is -2.09. The first-order valence-corrected chi connectivity index (χ1v) is 5.78. The number of hydrogen-bond acceptors (Lipinski definition) is 3. The minimum absolute atomic E-state index is 0.283. The van der Waals surface area contributed by atoms with E-state index in [1.807, 2.05) is 0 Å². The van der Waals surface area contributed by atoms with E-state index in [1.54, 1.807) is 12.3 Å². The van der Waals surface area contributed by atoms with E-state index < -0.39 is 5.91 Å². The lowest BCUT2D eigenvalue weighted by atomic mass is 10.0. The molecule has 1 rings (SSSR count). The Kier molecular flexibility index (Phi) is 4.89. The SMILES string of the molecule is CCCCCC(C)c1nccc(C(N)=O)n1. The lowest BCUT2D eigenvalue weighted by molar-refractivity contribution is 0.0995. The van der Waals surface area contributed by atoms with Crippen LogP contribution in [0.2, 0.25) is 0 Å². The number of nitrogens with zero attached hydrogens (tertiary/aromatic N) is 2. The summed E-state index contributed by atoms with van der Waals surface area (Å²) >= 11 is 0. The van der Waals surface area contributed by atoms with Gasteiger partial charge in [-0.25, -0.2) is 9.97 Å². The molecule has 1 heterocycles. The highest BCUT2D eigenvalue weighted by atomic mass is 16.1. The number of primary amides is 1. The first-order valence-electron chi connectivity index (χ1n) is 5.78. The molecular weight excluding hydrogens is 202 g/mol. The molecule has 1 unspecified atom stereocenters. The highest BCUT2D eigenvalue weighted by Crippen LogP contribution is 2.18. The van der Waals surface area contributed by atoms with Gasteiger partial charge in [0.2, 0.25) is 0 Å². The van der Waals surface area contributed by atoms with E-state index in [1.165, 1.54) is 19.3 Å². The summed E-state index contributed by atoms with van der Waals surface area (Å²) in [4.78, 5) is 19.3. The molecule has 0 saturated heterocycles. The number of aromatic nitrogens is 2. The molecule has 4 heteroatoms. The van der Waals surface area contributed by atoms with Gasteiger partial charge in [-0.1, -0.05) is 33.1 Å². The molecule has 0 aromatic carbocycles. The Bertz CT molecular complexity index is 352. The third kappa shape index (κ3) is 3.61. The molecule has 1 aromatic rings. The van der Waals surface area contributed by atoms with Crippen LogP contribution in [0.25, 0.3) is 0 Å². The summed E-state index contributed by atoms with van der Waals surface area (Å²) < 4.78 is 0. The summed E-state index contributed by atoms with van der Waals surface area (Å²) in [6.45, 7) is 4.25. The van der Waals surface area contributed by atoms with Crippen molar-refractivity contribution in [2.75, 3.05) is 0 Å². The van der Waals surface area contributed by atoms with Gasteiger partial charge in [0, 0.05) is 12.1 Å². The fourth-order valence-electron chi connectivity index (χ4n) is 1.58. The highest BCUT2D eigenvalue weighted by molar-refractivity contribution is 5.90. The first kappa shape index (κ1) is 12.6. The Morgan fingerprint density at radius 1 is 1.50 bits per heavy atom. The molecular formula is C12H19N3O. The molecule has 0 radical (unpaired) electrons. The molecule has 0 aliphatic carbocycles. The highest BCUT2D eigenvalue weighted by Gasteiger charge is 2.10. The molecule has 0 bridgehead atoms. The predicted molar refractivity (Wildman–Crippen MR) is 63.1 cm³/mol. The molecule has 2 N–H and O–H groups in total. The zero-order chi connectivity index (χ0) is 12.0. The van der Waals surface area contributed by atoms with E-state index in [-0.39, 0.29) is 5.92 Å². The number of carbonyl (C=O) groups excluding carboxylic acids is 1.